The molecule has 5 aromatic rings. The largest absolute Gasteiger partial charge is 0.491 e. The van der Waals surface area contributed by atoms with Crippen LogP contribution in [0.5, 0.6) is 5.75 Å². The zero-order chi connectivity index (χ0) is 21.9. The summed E-state index contributed by atoms with van der Waals surface area (Å²) in [7, 11) is 1.65. The van der Waals surface area contributed by atoms with Gasteiger partial charge in [0.2, 0.25) is 5.95 Å². The molecule has 0 radical (unpaired) electrons. The summed E-state index contributed by atoms with van der Waals surface area (Å²) in [5, 5.41) is 5.46. The molecule has 5 rings (SSSR count). The Morgan fingerprint density at radius 3 is 2.75 bits per heavy atom. The van der Waals surface area contributed by atoms with Crippen molar-refractivity contribution in [2.24, 2.45) is 0 Å². The maximum atomic E-state index is 6.28. The smallest absolute Gasteiger partial charge is 0.229 e. The number of anilines is 3. The Morgan fingerprint density at radius 2 is 1.88 bits per heavy atom. The Hall–Kier alpha value is -4.04. The van der Waals surface area contributed by atoms with Crippen molar-refractivity contribution in [3.05, 3.63) is 72.2 Å². The molecule has 0 unspecified atom stereocenters. The van der Waals surface area contributed by atoms with E-state index in [4.69, 9.17) is 15.2 Å². The third-order valence-electron chi connectivity index (χ3n) is 5.36. The Kier molecular flexibility index (Phi) is 5.35. The summed E-state index contributed by atoms with van der Waals surface area (Å²) >= 11 is 0. The summed E-state index contributed by atoms with van der Waals surface area (Å²) in [5.74, 6) is 1.61. The van der Waals surface area contributed by atoms with Gasteiger partial charge in [0.15, 0.2) is 0 Å². The van der Waals surface area contributed by atoms with Crippen molar-refractivity contribution < 1.29 is 9.47 Å². The van der Waals surface area contributed by atoms with E-state index in [9.17, 15) is 0 Å². The van der Waals surface area contributed by atoms with E-state index in [0.29, 0.717) is 31.4 Å². The Labute approximate surface area is 184 Å². The van der Waals surface area contributed by atoms with Gasteiger partial charge in [0.05, 0.1) is 17.8 Å². The summed E-state index contributed by atoms with van der Waals surface area (Å²) < 4.78 is 10.8. The second-order valence-electron chi connectivity index (χ2n) is 7.56. The molecule has 0 spiro atoms. The molecule has 0 atom stereocenters. The van der Waals surface area contributed by atoms with E-state index in [1.807, 2.05) is 30.6 Å². The van der Waals surface area contributed by atoms with Crippen LogP contribution in [0.25, 0.3) is 21.8 Å². The molecule has 32 heavy (non-hydrogen) atoms. The molecular formula is C24H24N6O2. The number of nitrogen functional groups attached to an aromatic ring is 1. The average molecular weight is 428 g/mol. The fourth-order valence-corrected chi connectivity index (χ4v) is 3.74. The molecule has 0 fully saturated rings. The van der Waals surface area contributed by atoms with Gasteiger partial charge in [0.1, 0.15) is 18.2 Å². The van der Waals surface area contributed by atoms with E-state index in [0.717, 1.165) is 39.0 Å². The van der Waals surface area contributed by atoms with Crippen LogP contribution >= 0.6 is 0 Å². The molecule has 0 amide bonds. The molecule has 162 valence electrons. The number of rotatable bonds is 8. The lowest BCUT2D eigenvalue weighted by atomic mass is 10.1. The van der Waals surface area contributed by atoms with Gasteiger partial charge in [0.25, 0.3) is 0 Å². The van der Waals surface area contributed by atoms with Crippen LogP contribution in [0.3, 0.4) is 0 Å². The highest BCUT2D eigenvalue weighted by atomic mass is 16.5. The summed E-state index contributed by atoms with van der Waals surface area (Å²) in [6.45, 7) is 0.985. The first-order chi connectivity index (χ1) is 15.7. The van der Waals surface area contributed by atoms with Crippen molar-refractivity contribution in [2.75, 3.05) is 31.4 Å². The number of aromatic nitrogens is 4. The van der Waals surface area contributed by atoms with Crippen molar-refractivity contribution >= 4 is 39.3 Å². The van der Waals surface area contributed by atoms with E-state index < -0.39 is 0 Å². The first-order valence-electron chi connectivity index (χ1n) is 10.4. The number of aromatic amines is 2. The van der Waals surface area contributed by atoms with Gasteiger partial charge in [-0.05, 0) is 35.2 Å². The molecule has 0 saturated carbocycles. The minimum Gasteiger partial charge on any atom is -0.491 e. The predicted octanol–water partition coefficient (Wildman–Crippen LogP) is 4.38. The van der Waals surface area contributed by atoms with E-state index in [2.05, 4.69) is 49.5 Å². The number of hydrogen-bond acceptors (Lipinski definition) is 6. The minimum absolute atomic E-state index is 0.434. The lowest BCUT2D eigenvalue weighted by Gasteiger charge is -2.12. The highest BCUT2D eigenvalue weighted by molar-refractivity contribution is 5.94. The van der Waals surface area contributed by atoms with Gasteiger partial charge in [-0.1, -0.05) is 6.07 Å². The van der Waals surface area contributed by atoms with E-state index in [1.54, 1.807) is 13.3 Å². The van der Waals surface area contributed by atoms with Crippen LogP contribution in [0.15, 0.2) is 61.1 Å². The van der Waals surface area contributed by atoms with E-state index >= 15 is 0 Å². The number of nitrogens with one attached hydrogen (secondary N) is 3. The summed E-state index contributed by atoms with van der Waals surface area (Å²) in [6, 6.07) is 14.2. The first-order valence-corrected chi connectivity index (χ1v) is 10.4. The van der Waals surface area contributed by atoms with Crippen LogP contribution in [0.1, 0.15) is 11.1 Å². The zero-order valence-corrected chi connectivity index (χ0v) is 17.7. The lowest BCUT2D eigenvalue weighted by Crippen LogP contribution is -2.06. The van der Waals surface area contributed by atoms with Crippen LogP contribution in [0.2, 0.25) is 0 Å². The van der Waals surface area contributed by atoms with Gasteiger partial charge in [-0.2, -0.15) is 4.98 Å². The number of methoxy groups -OCH3 is 1. The van der Waals surface area contributed by atoms with Gasteiger partial charge < -0.3 is 30.5 Å². The molecule has 0 bridgehead atoms. The average Bonchev–Trinajstić information content (AvgIpc) is 3.45. The second-order valence-corrected chi connectivity index (χ2v) is 7.56. The van der Waals surface area contributed by atoms with Crippen LogP contribution in [0.4, 0.5) is 17.5 Å². The number of hydrogen-bond donors (Lipinski definition) is 4. The Morgan fingerprint density at radius 1 is 1.00 bits per heavy atom. The molecule has 3 heterocycles. The predicted molar refractivity (Wildman–Crippen MR) is 127 cm³/mol. The first kappa shape index (κ1) is 19.9. The molecule has 0 aliphatic rings. The topological polar surface area (TPSA) is 114 Å². The van der Waals surface area contributed by atoms with Crippen LogP contribution in [-0.4, -0.2) is 40.3 Å². The maximum Gasteiger partial charge on any atom is 0.229 e. The lowest BCUT2D eigenvalue weighted by molar-refractivity contribution is 0.146. The molecule has 0 saturated heterocycles. The molecule has 2 aromatic carbocycles. The van der Waals surface area contributed by atoms with Crippen LogP contribution < -0.4 is 15.8 Å². The molecule has 0 aliphatic heterocycles. The fourth-order valence-electron chi connectivity index (χ4n) is 3.74. The Bertz CT molecular complexity index is 1370. The normalized spacial score (nSPS) is 11.3. The summed E-state index contributed by atoms with van der Waals surface area (Å²) in [6.07, 6.45) is 6.26. The quantitative estimate of drug-likeness (QED) is 0.273. The molecule has 8 heteroatoms. The van der Waals surface area contributed by atoms with Gasteiger partial charge in [0, 0.05) is 60.7 Å². The van der Waals surface area contributed by atoms with E-state index in [1.165, 1.54) is 5.39 Å². The van der Waals surface area contributed by atoms with Crippen molar-refractivity contribution in [1.82, 2.24) is 19.9 Å². The van der Waals surface area contributed by atoms with Crippen molar-refractivity contribution in [1.29, 1.82) is 0 Å². The van der Waals surface area contributed by atoms with Crippen molar-refractivity contribution in [3.8, 4) is 5.75 Å². The van der Waals surface area contributed by atoms with Gasteiger partial charge in [-0.3, -0.25) is 0 Å². The fraction of sp³-hybridized carbons (Fsp3) is 0.167. The SMILES string of the molecule is COCCOc1cc(Nc2ncc(Cc3ccc4[nH]ccc4c3)c(N)n2)c2cc[nH]c2c1. The van der Waals surface area contributed by atoms with Crippen molar-refractivity contribution in [3.63, 3.8) is 0 Å². The number of benzene rings is 2. The molecule has 3 aromatic heterocycles. The zero-order valence-electron chi connectivity index (χ0n) is 17.7. The maximum absolute atomic E-state index is 6.28. The number of nitrogens with two attached hydrogens (primary N) is 1. The molecular weight excluding hydrogens is 404 g/mol. The molecule has 0 aliphatic carbocycles. The number of H-pyrrole nitrogens is 2. The highest BCUT2D eigenvalue weighted by Gasteiger charge is 2.11. The second kappa shape index (κ2) is 8.60. The van der Waals surface area contributed by atoms with Gasteiger partial charge in [-0.15, -0.1) is 0 Å². The third-order valence-corrected chi connectivity index (χ3v) is 5.36. The molecule has 5 N–H and O–H groups in total. The minimum atomic E-state index is 0.434. The van der Waals surface area contributed by atoms with Crippen molar-refractivity contribution in [2.45, 2.75) is 6.42 Å². The van der Waals surface area contributed by atoms with Gasteiger partial charge >= 0.3 is 0 Å². The summed E-state index contributed by atoms with van der Waals surface area (Å²) in [4.78, 5) is 15.4. The third kappa shape index (κ3) is 4.08. The summed E-state index contributed by atoms with van der Waals surface area (Å²) in [5.41, 5.74) is 11.2. The van der Waals surface area contributed by atoms with Gasteiger partial charge in [-0.25, -0.2) is 4.98 Å². The Balaban J connectivity index is 1.37. The standard InChI is InChI=1S/C24H24N6O2/c1-31-8-9-32-18-12-21-19(5-7-27-21)22(13-18)29-24-28-14-17(23(25)30-24)11-15-2-3-20-16(10-15)4-6-26-20/h2-7,10,12-14,26-27H,8-9,11H2,1H3,(H3,25,28,29,30). The monoisotopic (exact) mass is 428 g/mol. The van der Waals surface area contributed by atoms with Crippen LogP contribution in [0, 0.1) is 0 Å². The number of ether oxygens (including phenoxy) is 2. The molecule has 8 nitrogen and oxygen atoms in total. The number of nitrogens with zero attached hydrogens (tertiary/aromatic N) is 2. The van der Waals surface area contributed by atoms with Crippen LogP contribution in [-0.2, 0) is 11.2 Å². The highest BCUT2D eigenvalue weighted by Crippen LogP contribution is 2.31. The van der Waals surface area contributed by atoms with E-state index in [-0.39, 0.29) is 0 Å². The number of fused-ring (bicyclic) bond motifs is 2.